The van der Waals surface area contributed by atoms with Gasteiger partial charge in [0, 0.05) is 25.3 Å². The molecule has 0 radical (unpaired) electrons. The first-order valence-electron chi connectivity index (χ1n) is 11.1. The molecule has 3 N–H and O–H groups in total. The van der Waals surface area contributed by atoms with Gasteiger partial charge in [0.2, 0.25) is 5.75 Å². The topological polar surface area (TPSA) is 112 Å². The number of rotatable bonds is 9. The van der Waals surface area contributed by atoms with Crippen LogP contribution in [0.1, 0.15) is 21.5 Å². The lowest BCUT2D eigenvalue weighted by atomic mass is 10.1. The van der Waals surface area contributed by atoms with Crippen molar-refractivity contribution < 1.29 is 24.2 Å². The van der Waals surface area contributed by atoms with Gasteiger partial charge in [0.25, 0.3) is 11.8 Å². The minimum atomic E-state index is -0.661. The summed E-state index contributed by atoms with van der Waals surface area (Å²) in [6.07, 6.45) is 2.88. The Labute approximate surface area is 220 Å². The molecule has 0 heterocycles. The quantitative estimate of drug-likeness (QED) is 0.222. The van der Waals surface area contributed by atoms with E-state index in [0.717, 1.165) is 5.69 Å². The number of nitrogens with one attached hydrogen (secondary N) is 2. The second kappa shape index (κ2) is 12.5. The van der Waals surface area contributed by atoms with Gasteiger partial charge in [-0.15, -0.1) is 0 Å². The second-order valence-corrected chi connectivity index (χ2v) is 8.36. The van der Waals surface area contributed by atoms with Crippen LogP contribution in [0.5, 0.6) is 17.2 Å². The molecule has 0 spiro atoms. The van der Waals surface area contributed by atoms with Crippen LogP contribution in [0, 0.1) is 0 Å². The van der Waals surface area contributed by atoms with Crippen LogP contribution in [-0.4, -0.2) is 51.5 Å². The van der Waals surface area contributed by atoms with E-state index >= 15 is 0 Å². The Kier molecular flexibility index (Phi) is 9.12. The number of aromatic hydroxyl groups is 1. The third-order valence-corrected chi connectivity index (χ3v) is 5.54. The third kappa shape index (κ3) is 7.02. The molecule has 2 amide bonds. The number of benzene rings is 3. The summed E-state index contributed by atoms with van der Waals surface area (Å²) in [5.74, 6) is -0.999. The summed E-state index contributed by atoms with van der Waals surface area (Å²) in [6, 6.07) is 17.0. The molecule has 10 heteroatoms. The Balaban J connectivity index is 1.87. The first kappa shape index (κ1) is 27.1. The van der Waals surface area contributed by atoms with Gasteiger partial charge in [-0.2, -0.15) is 5.10 Å². The largest absolute Gasteiger partial charge is 0.502 e. The van der Waals surface area contributed by atoms with E-state index in [0.29, 0.717) is 11.1 Å². The van der Waals surface area contributed by atoms with Crippen LogP contribution in [0.15, 0.2) is 71.5 Å². The number of hydrogen-bond donors (Lipinski definition) is 3. The van der Waals surface area contributed by atoms with Crippen molar-refractivity contribution in [3.63, 3.8) is 0 Å². The summed E-state index contributed by atoms with van der Waals surface area (Å²) in [4.78, 5) is 27.8. The van der Waals surface area contributed by atoms with E-state index < -0.39 is 11.8 Å². The van der Waals surface area contributed by atoms with Crippen molar-refractivity contribution in [2.45, 2.75) is 0 Å². The van der Waals surface area contributed by atoms with Crippen molar-refractivity contribution in [3.05, 3.63) is 88.1 Å². The highest BCUT2D eigenvalue weighted by molar-refractivity contribution is 6.34. The van der Waals surface area contributed by atoms with E-state index in [1.165, 1.54) is 38.6 Å². The molecule has 0 saturated heterocycles. The molecule has 192 valence electrons. The fourth-order valence-electron chi connectivity index (χ4n) is 3.24. The monoisotopic (exact) mass is 522 g/mol. The van der Waals surface area contributed by atoms with E-state index in [9.17, 15) is 14.7 Å². The molecule has 3 rings (SSSR count). The van der Waals surface area contributed by atoms with Gasteiger partial charge in [-0.05, 0) is 48.0 Å². The Bertz CT molecular complexity index is 1310. The van der Waals surface area contributed by atoms with Crippen molar-refractivity contribution in [3.8, 4) is 17.2 Å². The molecule has 3 aromatic rings. The van der Waals surface area contributed by atoms with E-state index in [1.54, 1.807) is 24.3 Å². The highest BCUT2D eigenvalue weighted by Crippen LogP contribution is 2.36. The van der Waals surface area contributed by atoms with Gasteiger partial charge in [0.1, 0.15) is 5.70 Å². The van der Waals surface area contributed by atoms with Gasteiger partial charge >= 0.3 is 0 Å². The molecule has 9 nitrogen and oxygen atoms in total. The standard InChI is InChI=1S/C27H27ClN4O5/c1-32(2)19-11-9-17(10-12-19)13-22(30-26(34)20-7-5-6-8-21(20)28)27(35)31-29-16-18-14-23(36-3)25(33)24(15-18)37-4/h5-16,33H,1-4H3,(H,30,34)(H,31,35)/b22-13-,29-16+. The molecular weight excluding hydrogens is 496 g/mol. The van der Waals surface area contributed by atoms with E-state index in [1.807, 2.05) is 43.3 Å². The molecule has 0 aliphatic rings. The van der Waals surface area contributed by atoms with Gasteiger partial charge in [-0.1, -0.05) is 35.9 Å². The number of methoxy groups -OCH3 is 2. The summed E-state index contributed by atoms with van der Waals surface area (Å²) in [5, 5.41) is 16.9. The number of anilines is 1. The Morgan fingerprint density at radius 2 is 1.59 bits per heavy atom. The molecule has 0 fully saturated rings. The highest BCUT2D eigenvalue weighted by Gasteiger charge is 2.17. The number of phenols is 1. The average molecular weight is 523 g/mol. The predicted molar refractivity (Wildman–Crippen MR) is 145 cm³/mol. The Hall–Kier alpha value is -4.50. The van der Waals surface area contributed by atoms with E-state index in [-0.39, 0.29) is 33.5 Å². The SMILES string of the molecule is COc1cc(/C=N/NC(=O)/C(=C/c2ccc(N(C)C)cc2)NC(=O)c2ccccc2Cl)cc(OC)c1O. The summed E-state index contributed by atoms with van der Waals surface area (Å²) >= 11 is 6.15. The zero-order valence-corrected chi connectivity index (χ0v) is 21.5. The number of nitrogens with zero attached hydrogens (tertiary/aromatic N) is 2. The Morgan fingerprint density at radius 3 is 2.16 bits per heavy atom. The van der Waals surface area contributed by atoms with Crippen LogP contribution in [0.4, 0.5) is 5.69 Å². The summed E-state index contributed by atoms with van der Waals surface area (Å²) in [7, 11) is 6.65. The summed E-state index contributed by atoms with van der Waals surface area (Å²) in [6.45, 7) is 0. The second-order valence-electron chi connectivity index (χ2n) is 7.95. The van der Waals surface area contributed by atoms with E-state index in [4.69, 9.17) is 21.1 Å². The molecule has 0 unspecified atom stereocenters. The van der Waals surface area contributed by atoms with Gasteiger partial charge < -0.3 is 24.8 Å². The number of hydrogen-bond acceptors (Lipinski definition) is 7. The number of halogens is 1. The van der Waals surface area contributed by atoms with Gasteiger partial charge in [0.15, 0.2) is 11.5 Å². The molecule has 0 bridgehead atoms. The van der Waals surface area contributed by atoms with Crippen molar-refractivity contribution in [2.24, 2.45) is 5.10 Å². The average Bonchev–Trinajstić information content (AvgIpc) is 2.89. The molecular formula is C27H27ClN4O5. The lowest BCUT2D eigenvalue weighted by Gasteiger charge is -2.13. The van der Waals surface area contributed by atoms with Crippen molar-refractivity contribution >= 4 is 41.4 Å². The number of hydrazone groups is 1. The van der Waals surface area contributed by atoms with Crippen molar-refractivity contribution in [1.82, 2.24) is 10.7 Å². The maximum atomic E-state index is 13.0. The smallest absolute Gasteiger partial charge is 0.287 e. The molecule has 37 heavy (non-hydrogen) atoms. The van der Waals surface area contributed by atoms with Crippen LogP contribution in [0.3, 0.4) is 0 Å². The summed E-state index contributed by atoms with van der Waals surface area (Å²) < 4.78 is 10.3. The van der Waals surface area contributed by atoms with Gasteiger partial charge in [0.05, 0.1) is 31.0 Å². The minimum absolute atomic E-state index is 0.0412. The lowest BCUT2D eigenvalue weighted by molar-refractivity contribution is -0.117. The molecule has 3 aromatic carbocycles. The fraction of sp³-hybridized carbons (Fsp3) is 0.148. The molecule has 0 saturated carbocycles. The lowest BCUT2D eigenvalue weighted by Crippen LogP contribution is -2.33. The van der Waals surface area contributed by atoms with Crippen LogP contribution in [-0.2, 0) is 4.79 Å². The van der Waals surface area contributed by atoms with Crippen molar-refractivity contribution in [2.75, 3.05) is 33.2 Å². The van der Waals surface area contributed by atoms with Crippen molar-refractivity contribution in [1.29, 1.82) is 0 Å². The molecule has 0 aliphatic carbocycles. The number of ether oxygens (including phenoxy) is 2. The molecule has 0 atom stereocenters. The molecule has 0 aliphatic heterocycles. The van der Waals surface area contributed by atoms with Crippen LogP contribution in [0.2, 0.25) is 5.02 Å². The number of carbonyl (C=O) groups is 2. The highest BCUT2D eigenvalue weighted by atomic mass is 35.5. The number of carbonyl (C=O) groups excluding carboxylic acids is 2. The number of phenolic OH excluding ortho intramolecular Hbond substituents is 1. The van der Waals surface area contributed by atoms with Crippen LogP contribution < -0.4 is 25.1 Å². The zero-order valence-electron chi connectivity index (χ0n) is 20.8. The zero-order chi connectivity index (χ0) is 26.9. The maximum absolute atomic E-state index is 13.0. The summed E-state index contributed by atoms with van der Waals surface area (Å²) in [5.41, 5.74) is 4.75. The fourth-order valence-corrected chi connectivity index (χ4v) is 3.46. The first-order valence-corrected chi connectivity index (χ1v) is 11.4. The van der Waals surface area contributed by atoms with Gasteiger partial charge in [-0.3, -0.25) is 9.59 Å². The maximum Gasteiger partial charge on any atom is 0.287 e. The predicted octanol–water partition coefficient (Wildman–Crippen LogP) is 4.05. The normalized spacial score (nSPS) is 11.2. The van der Waals surface area contributed by atoms with Crippen LogP contribution >= 0.6 is 11.6 Å². The number of amides is 2. The third-order valence-electron chi connectivity index (χ3n) is 5.21. The minimum Gasteiger partial charge on any atom is -0.502 e. The first-order chi connectivity index (χ1) is 17.7. The van der Waals surface area contributed by atoms with Gasteiger partial charge in [-0.25, -0.2) is 5.43 Å². The van der Waals surface area contributed by atoms with Crippen LogP contribution in [0.25, 0.3) is 6.08 Å². The Morgan fingerprint density at radius 1 is 0.973 bits per heavy atom. The molecule has 0 aromatic heterocycles. The van der Waals surface area contributed by atoms with E-state index in [2.05, 4.69) is 15.8 Å².